The molecule has 3 aromatic heterocycles. The van der Waals surface area contributed by atoms with Crippen LogP contribution < -0.4 is 5.32 Å². The molecule has 7 heteroatoms. The van der Waals surface area contributed by atoms with E-state index in [1.807, 2.05) is 12.1 Å². The van der Waals surface area contributed by atoms with Gasteiger partial charge in [-0.1, -0.05) is 6.92 Å². The Morgan fingerprint density at radius 1 is 1.14 bits per heavy atom. The second-order valence-corrected chi connectivity index (χ2v) is 4.42. The third-order valence-corrected chi connectivity index (χ3v) is 2.81. The molecule has 3 aromatic rings. The molecule has 0 unspecified atom stereocenters. The predicted molar refractivity (Wildman–Crippen MR) is 79.0 cm³/mol. The Kier molecular flexibility index (Phi) is 3.81. The van der Waals surface area contributed by atoms with Gasteiger partial charge in [-0.25, -0.2) is 4.98 Å². The Bertz CT molecular complexity index is 695. The van der Waals surface area contributed by atoms with Crippen LogP contribution in [0.2, 0.25) is 0 Å². The maximum Gasteiger partial charge on any atom is 0.240 e. The summed E-state index contributed by atoms with van der Waals surface area (Å²) >= 11 is 0. The Hall–Kier alpha value is -2.83. The van der Waals surface area contributed by atoms with Crippen LogP contribution in [0.5, 0.6) is 0 Å². The number of hydrogen-bond acceptors (Lipinski definition) is 6. The Labute approximate surface area is 122 Å². The van der Waals surface area contributed by atoms with Crippen molar-refractivity contribution in [1.82, 2.24) is 29.5 Å². The minimum atomic E-state index is 0.528. The van der Waals surface area contributed by atoms with Crippen molar-refractivity contribution >= 4 is 5.95 Å². The molecule has 3 rings (SSSR count). The van der Waals surface area contributed by atoms with Crippen LogP contribution in [0.1, 0.15) is 13.3 Å². The molecule has 0 aromatic carbocycles. The van der Waals surface area contributed by atoms with E-state index in [1.165, 1.54) is 0 Å². The van der Waals surface area contributed by atoms with Crippen LogP contribution in [-0.4, -0.2) is 36.0 Å². The molecular formula is C14H15N7. The molecule has 0 saturated carbocycles. The van der Waals surface area contributed by atoms with Gasteiger partial charge in [-0.3, -0.25) is 9.55 Å². The first-order chi connectivity index (χ1) is 10.4. The fourth-order valence-electron chi connectivity index (χ4n) is 1.80. The van der Waals surface area contributed by atoms with Crippen LogP contribution in [-0.2, 0) is 0 Å². The molecule has 0 aliphatic rings. The highest BCUT2D eigenvalue weighted by Gasteiger charge is 2.09. The summed E-state index contributed by atoms with van der Waals surface area (Å²) in [6.07, 6.45) is 9.59. The summed E-state index contributed by atoms with van der Waals surface area (Å²) in [6, 6.07) is 3.78. The van der Waals surface area contributed by atoms with Crippen molar-refractivity contribution in [2.75, 3.05) is 11.9 Å². The summed E-state index contributed by atoms with van der Waals surface area (Å²) in [4.78, 5) is 21.5. The third-order valence-electron chi connectivity index (χ3n) is 2.81. The van der Waals surface area contributed by atoms with Gasteiger partial charge in [0.1, 0.15) is 6.33 Å². The first kappa shape index (κ1) is 13.2. The topological polar surface area (TPSA) is 81.4 Å². The quantitative estimate of drug-likeness (QED) is 0.769. The van der Waals surface area contributed by atoms with Gasteiger partial charge in [-0.15, -0.1) is 0 Å². The zero-order valence-electron chi connectivity index (χ0n) is 11.6. The predicted octanol–water partition coefficient (Wildman–Crippen LogP) is 1.94. The standard InChI is InChI=1S/C14H15N7/c1-2-5-17-13-18-12(11-4-3-6-15-9-11)19-14(20-13)21-8-7-16-10-21/h3-4,6-10H,2,5H2,1H3,(H,17,18,19,20). The lowest BCUT2D eigenvalue weighted by atomic mass is 10.3. The van der Waals surface area contributed by atoms with E-state index in [0.717, 1.165) is 18.5 Å². The van der Waals surface area contributed by atoms with Crippen LogP contribution in [0.15, 0.2) is 43.2 Å². The minimum absolute atomic E-state index is 0.528. The molecule has 106 valence electrons. The molecule has 0 amide bonds. The lowest BCUT2D eigenvalue weighted by Gasteiger charge is -2.08. The first-order valence-electron chi connectivity index (χ1n) is 6.75. The van der Waals surface area contributed by atoms with E-state index >= 15 is 0 Å². The molecule has 7 nitrogen and oxygen atoms in total. The maximum absolute atomic E-state index is 4.47. The number of anilines is 1. The SMILES string of the molecule is CCCNc1nc(-c2cccnc2)nc(-n2ccnc2)n1. The third kappa shape index (κ3) is 3.02. The van der Waals surface area contributed by atoms with E-state index in [-0.39, 0.29) is 0 Å². The van der Waals surface area contributed by atoms with Gasteiger partial charge in [-0.05, 0) is 18.6 Å². The largest absolute Gasteiger partial charge is 0.354 e. The highest BCUT2D eigenvalue weighted by Crippen LogP contribution is 2.16. The fourth-order valence-corrected chi connectivity index (χ4v) is 1.80. The molecule has 0 spiro atoms. The van der Waals surface area contributed by atoms with Crippen LogP contribution in [0.4, 0.5) is 5.95 Å². The van der Waals surface area contributed by atoms with Crippen molar-refractivity contribution < 1.29 is 0 Å². The monoisotopic (exact) mass is 281 g/mol. The van der Waals surface area contributed by atoms with Gasteiger partial charge >= 0.3 is 0 Å². The highest BCUT2D eigenvalue weighted by atomic mass is 15.2. The van der Waals surface area contributed by atoms with Crippen LogP contribution in [0.25, 0.3) is 17.3 Å². The van der Waals surface area contributed by atoms with E-state index in [1.54, 1.807) is 35.7 Å². The second kappa shape index (κ2) is 6.08. The molecule has 0 atom stereocenters. The lowest BCUT2D eigenvalue weighted by molar-refractivity contribution is 0.882. The smallest absolute Gasteiger partial charge is 0.240 e. The van der Waals surface area contributed by atoms with Crippen molar-refractivity contribution in [2.24, 2.45) is 0 Å². The lowest BCUT2D eigenvalue weighted by Crippen LogP contribution is -2.10. The van der Waals surface area contributed by atoms with E-state index in [9.17, 15) is 0 Å². The number of nitrogens with zero attached hydrogens (tertiary/aromatic N) is 6. The molecule has 0 saturated heterocycles. The zero-order valence-corrected chi connectivity index (χ0v) is 11.6. The number of rotatable bonds is 5. The number of pyridine rings is 1. The molecule has 0 bridgehead atoms. The van der Waals surface area contributed by atoms with Crippen molar-refractivity contribution in [3.63, 3.8) is 0 Å². The summed E-state index contributed by atoms with van der Waals surface area (Å²) < 4.78 is 1.75. The van der Waals surface area contributed by atoms with Gasteiger partial charge in [0.2, 0.25) is 11.9 Å². The second-order valence-electron chi connectivity index (χ2n) is 4.42. The van der Waals surface area contributed by atoms with Crippen molar-refractivity contribution in [2.45, 2.75) is 13.3 Å². The van der Waals surface area contributed by atoms with Gasteiger partial charge in [0.25, 0.3) is 0 Å². The summed E-state index contributed by atoms with van der Waals surface area (Å²) in [5, 5.41) is 3.19. The highest BCUT2D eigenvalue weighted by molar-refractivity contribution is 5.55. The van der Waals surface area contributed by atoms with Gasteiger partial charge < -0.3 is 5.32 Å². The van der Waals surface area contributed by atoms with Crippen LogP contribution >= 0.6 is 0 Å². The Morgan fingerprint density at radius 3 is 2.81 bits per heavy atom. The number of hydrogen-bond donors (Lipinski definition) is 1. The van der Waals surface area contributed by atoms with Crippen LogP contribution in [0, 0.1) is 0 Å². The molecule has 0 aliphatic carbocycles. The van der Waals surface area contributed by atoms with Gasteiger partial charge in [0.15, 0.2) is 5.82 Å². The molecule has 21 heavy (non-hydrogen) atoms. The van der Waals surface area contributed by atoms with E-state index < -0.39 is 0 Å². The van der Waals surface area contributed by atoms with E-state index in [2.05, 4.69) is 37.2 Å². The van der Waals surface area contributed by atoms with Crippen molar-refractivity contribution in [1.29, 1.82) is 0 Å². The summed E-state index contributed by atoms with van der Waals surface area (Å²) in [5.41, 5.74) is 0.848. The zero-order chi connectivity index (χ0) is 14.5. The fraction of sp³-hybridized carbons (Fsp3) is 0.214. The summed E-state index contributed by atoms with van der Waals surface area (Å²) in [7, 11) is 0. The number of nitrogens with one attached hydrogen (secondary N) is 1. The molecule has 0 fully saturated rings. The molecule has 3 heterocycles. The van der Waals surface area contributed by atoms with Crippen LogP contribution in [0.3, 0.4) is 0 Å². The summed E-state index contributed by atoms with van der Waals surface area (Å²) in [5.74, 6) is 1.66. The average Bonchev–Trinajstić information content (AvgIpc) is 3.08. The molecule has 0 radical (unpaired) electrons. The van der Waals surface area contributed by atoms with E-state index in [4.69, 9.17) is 0 Å². The summed E-state index contributed by atoms with van der Waals surface area (Å²) in [6.45, 7) is 2.90. The van der Waals surface area contributed by atoms with E-state index in [0.29, 0.717) is 17.7 Å². The van der Waals surface area contributed by atoms with Crippen molar-refractivity contribution in [3.8, 4) is 17.3 Å². The first-order valence-corrected chi connectivity index (χ1v) is 6.75. The van der Waals surface area contributed by atoms with Gasteiger partial charge in [0.05, 0.1) is 0 Å². The minimum Gasteiger partial charge on any atom is -0.354 e. The van der Waals surface area contributed by atoms with Gasteiger partial charge in [0, 0.05) is 36.9 Å². The van der Waals surface area contributed by atoms with Gasteiger partial charge in [-0.2, -0.15) is 15.0 Å². The molecule has 1 N–H and O–H groups in total. The molecular weight excluding hydrogens is 266 g/mol. The maximum atomic E-state index is 4.47. The number of imidazole rings is 1. The Balaban J connectivity index is 2.05. The van der Waals surface area contributed by atoms with Crippen molar-refractivity contribution in [3.05, 3.63) is 43.2 Å². The molecule has 0 aliphatic heterocycles. The Morgan fingerprint density at radius 2 is 2.10 bits per heavy atom. The average molecular weight is 281 g/mol. The normalized spacial score (nSPS) is 10.5. The number of aromatic nitrogens is 6.